The molecule has 2 rings (SSSR count). The molecule has 0 atom stereocenters. The quantitative estimate of drug-likeness (QED) is 0.753. The first-order valence-corrected chi connectivity index (χ1v) is 7.81. The van der Waals surface area contributed by atoms with Crippen LogP contribution in [0.5, 0.6) is 0 Å². The Morgan fingerprint density at radius 1 is 1.15 bits per heavy atom. The fourth-order valence-electron chi connectivity index (χ4n) is 2.46. The summed E-state index contributed by atoms with van der Waals surface area (Å²) in [5.41, 5.74) is 4.93. The standard InChI is InChI=1S/C15H18O2S.C2H6/c1-8-10(3)15(4,5)18-12-7-6-11(14(16)17)9(2)13(8)12;1-2/h6-7H,1-5H3,(H,16,17);1-2H3. The van der Waals surface area contributed by atoms with Gasteiger partial charge < -0.3 is 5.11 Å². The highest BCUT2D eigenvalue weighted by atomic mass is 32.2. The Balaban J connectivity index is 0.000000956. The largest absolute Gasteiger partial charge is 0.478 e. The Kier molecular flexibility index (Phi) is 5.09. The number of rotatable bonds is 1. The average molecular weight is 292 g/mol. The van der Waals surface area contributed by atoms with Gasteiger partial charge in [-0.25, -0.2) is 4.79 Å². The highest BCUT2D eigenvalue weighted by Gasteiger charge is 2.31. The van der Waals surface area contributed by atoms with Crippen molar-refractivity contribution in [1.82, 2.24) is 0 Å². The number of carboxylic acids is 1. The molecule has 1 aromatic carbocycles. The van der Waals surface area contributed by atoms with Crippen LogP contribution in [0.3, 0.4) is 0 Å². The van der Waals surface area contributed by atoms with Crippen molar-refractivity contribution in [3.8, 4) is 0 Å². The van der Waals surface area contributed by atoms with Crippen molar-refractivity contribution in [3.05, 3.63) is 34.4 Å². The topological polar surface area (TPSA) is 37.3 Å². The Hall–Kier alpha value is -1.22. The number of hydrogen-bond donors (Lipinski definition) is 1. The van der Waals surface area contributed by atoms with Crippen LogP contribution in [0.25, 0.3) is 5.57 Å². The molecule has 3 heteroatoms. The van der Waals surface area contributed by atoms with E-state index in [2.05, 4.69) is 27.7 Å². The Labute approximate surface area is 126 Å². The number of carbonyl (C=O) groups is 1. The molecule has 0 amide bonds. The van der Waals surface area contributed by atoms with Gasteiger partial charge >= 0.3 is 5.97 Å². The van der Waals surface area contributed by atoms with Gasteiger partial charge in [-0.1, -0.05) is 19.4 Å². The number of benzene rings is 1. The summed E-state index contributed by atoms with van der Waals surface area (Å²) in [7, 11) is 0. The molecule has 0 saturated heterocycles. The molecule has 0 saturated carbocycles. The number of fused-ring (bicyclic) bond motifs is 1. The highest BCUT2D eigenvalue weighted by Crippen LogP contribution is 2.49. The van der Waals surface area contributed by atoms with E-state index in [1.807, 2.05) is 38.6 Å². The van der Waals surface area contributed by atoms with E-state index in [9.17, 15) is 9.90 Å². The van der Waals surface area contributed by atoms with Crippen LogP contribution >= 0.6 is 11.8 Å². The first-order valence-electron chi connectivity index (χ1n) is 7.00. The third-order valence-corrected chi connectivity index (χ3v) is 5.24. The van der Waals surface area contributed by atoms with Crippen molar-refractivity contribution in [2.45, 2.75) is 58.1 Å². The van der Waals surface area contributed by atoms with Gasteiger partial charge in [0, 0.05) is 9.64 Å². The van der Waals surface area contributed by atoms with Crippen molar-refractivity contribution in [2.24, 2.45) is 0 Å². The minimum absolute atomic E-state index is 0.0776. The fourth-order valence-corrected chi connectivity index (χ4v) is 3.86. The van der Waals surface area contributed by atoms with Crippen molar-refractivity contribution >= 4 is 23.3 Å². The van der Waals surface area contributed by atoms with Gasteiger partial charge in [0.1, 0.15) is 0 Å². The summed E-state index contributed by atoms with van der Waals surface area (Å²) in [4.78, 5) is 12.4. The van der Waals surface area contributed by atoms with Crippen LogP contribution in [0.15, 0.2) is 22.6 Å². The van der Waals surface area contributed by atoms with E-state index in [1.165, 1.54) is 16.0 Å². The molecule has 1 heterocycles. The van der Waals surface area contributed by atoms with Crippen LogP contribution in [-0.2, 0) is 0 Å². The SMILES string of the molecule is CC.CC1=C(C)C(C)(C)Sc2ccc(C(=O)O)c(C)c21. The molecular formula is C17H24O2S. The predicted molar refractivity (Wildman–Crippen MR) is 87.7 cm³/mol. The van der Waals surface area contributed by atoms with E-state index in [-0.39, 0.29) is 4.75 Å². The number of hydrogen-bond acceptors (Lipinski definition) is 2. The van der Waals surface area contributed by atoms with E-state index >= 15 is 0 Å². The van der Waals surface area contributed by atoms with Gasteiger partial charge in [-0.15, -0.1) is 11.8 Å². The van der Waals surface area contributed by atoms with Crippen molar-refractivity contribution in [2.75, 3.05) is 0 Å². The summed E-state index contributed by atoms with van der Waals surface area (Å²) in [6, 6.07) is 3.65. The van der Waals surface area contributed by atoms with E-state index in [1.54, 1.807) is 6.07 Å². The summed E-state index contributed by atoms with van der Waals surface area (Å²) >= 11 is 1.81. The molecule has 1 aliphatic heterocycles. The lowest BCUT2D eigenvalue weighted by Gasteiger charge is -2.34. The molecule has 1 N–H and O–H groups in total. The summed E-state index contributed by atoms with van der Waals surface area (Å²) in [5.74, 6) is -0.851. The highest BCUT2D eigenvalue weighted by molar-refractivity contribution is 8.01. The Morgan fingerprint density at radius 2 is 1.70 bits per heavy atom. The summed E-state index contributed by atoms with van der Waals surface area (Å²) < 4.78 is 0.0776. The van der Waals surface area contributed by atoms with Gasteiger partial charge in [0.15, 0.2) is 0 Å². The molecule has 0 unspecified atom stereocenters. The third-order valence-electron chi connectivity index (χ3n) is 3.86. The second-order valence-corrected chi connectivity index (χ2v) is 6.94. The van der Waals surface area contributed by atoms with Crippen LogP contribution in [0.1, 0.15) is 63.0 Å². The molecule has 0 aromatic heterocycles. The average Bonchev–Trinajstić information content (AvgIpc) is 2.37. The zero-order chi connectivity index (χ0) is 15.7. The lowest BCUT2D eigenvalue weighted by molar-refractivity contribution is 0.0696. The lowest BCUT2D eigenvalue weighted by Crippen LogP contribution is -2.22. The first kappa shape index (κ1) is 16.8. The fraction of sp³-hybridized carbons (Fsp3) is 0.471. The van der Waals surface area contributed by atoms with E-state index < -0.39 is 5.97 Å². The minimum Gasteiger partial charge on any atom is -0.478 e. The van der Waals surface area contributed by atoms with Crippen LogP contribution in [0, 0.1) is 6.92 Å². The van der Waals surface area contributed by atoms with Crippen LogP contribution < -0.4 is 0 Å². The molecule has 110 valence electrons. The number of carboxylic acid groups (broad SMARTS) is 1. The summed E-state index contributed by atoms with van der Waals surface area (Å²) in [6.07, 6.45) is 0. The first-order chi connectivity index (χ1) is 9.25. The van der Waals surface area contributed by atoms with Gasteiger partial charge in [-0.05, 0) is 63.5 Å². The molecule has 0 fully saturated rings. The third kappa shape index (κ3) is 2.78. The van der Waals surface area contributed by atoms with Crippen molar-refractivity contribution in [1.29, 1.82) is 0 Å². The number of aromatic carboxylic acids is 1. The molecule has 1 aromatic rings. The normalized spacial score (nSPS) is 16.1. The monoisotopic (exact) mass is 292 g/mol. The smallest absolute Gasteiger partial charge is 0.335 e. The van der Waals surface area contributed by atoms with Gasteiger partial charge in [0.25, 0.3) is 0 Å². The van der Waals surface area contributed by atoms with Crippen molar-refractivity contribution < 1.29 is 9.90 Å². The Morgan fingerprint density at radius 3 is 2.20 bits per heavy atom. The van der Waals surface area contributed by atoms with Crippen LogP contribution in [0.4, 0.5) is 0 Å². The van der Waals surface area contributed by atoms with Crippen molar-refractivity contribution in [3.63, 3.8) is 0 Å². The van der Waals surface area contributed by atoms with Crippen LogP contribution in [-0.4, -0.2) is 15.8 Å². The second kappa shape index (κ2) is 6.04. The number of allylic oxidation sites excluding steroid dienone is 1. The predicted octanol–water partition coefficient (Wildman–Crippen LogP) is 5.40. The maximum atomic E-state index is 11.2. The molecule has 0 spiro atoms. The zero-order valence-electron chi connectivity index (χ0n) is 13.4. The van der Waals surface area contributed by atoms with Gasteiger partial charge in [-0.2, -0.15) is 0 Å². The summed E-state index contributed by atoms with van der Waals surface area (Å²) in [5, 5.41) is 9.20. The molecule has 0 radical (unpaired) electrons. The van der Waals surface area contributed by atoms with Gasteiger partial charge in [-0.3, -0.25) is 0 Å². The maximum Gasteiger partial charge on any atom is 0.335 e. The molecule has 20 heavy (non-hydrogen) atoms. The number of thioether (sulfide) groups is 1. The molecular weight excluding hydrogens is 268 g/mol. The molecule has 0 aliphatic carbocycles. The minimum atomic E-state index is -0.851. The van der Waals surface area contributed by atoms with E-state index in [4.69, 9.17) is 0 Å². The van der Waals surface area contributed by atoms with E-state index in [0.717, 1.165) is 11.1 Å². The molecule has 2 nitrogen and oxygen atoms in total. The van der Waals surface area contributed by atoms with Gasteiger partial charge in [0.05, 0.1) is 5.56 Å². The second-order valence-electron chi connectivity index (χ2n) is 5.28. The summed E-state index contributed by atoms with van der Waals surface area (Å²) in [6.45, 7) is 14.5. The molecule has 0 bridgehead atoms. The van der Waals surface area contributed by atoms with Gasteiger partial charge in [0.2, 0.25) is 0 Å². The molecule has 1 aliphatic rings. The maximum absolute atomic E-state index is 11.2. The lowest BCUT2D eigenvalue weighted by atomic mass is 9.89. The van der Waals surface area contributed by atoms with E-state index in [0.29, 0.717) is 5.56 Å². The Bertz CT molecular complexity index is 569. The van der Waals surface area contributed by atoms with Crippen LogP contribution in [0.2, 0.25) is 0 Å². The zero-order valence-corrected chi connectivity index (χ0v) is 14.2.